The van der Waals surface area contributed by atoms with E-state index in [0.717, 1.165) is 22.3 Å². The van der Waals surface area contributed by atoms with E-state index < -0.39 is 11.2 Å². The molecule has 2 aromatic rings. The van der Waals surface area contributed by atoms with Gasteiger partial charge in [0.05, 0.1) is 12.6 Å². The van der Waals surface area contributed by atoms with Gasteiger partial charge in [-0.05, 0) is 25.3 Å². The van der Waals surface area contributed by atoms with Crippen LogP contribution in [0.2, 0.25) is 0 Å². The van der Waals surface area contributed by atoms with Crippen molar-refractivity contribution in [3.8, 4) is 11.8 Å². The van der Waals surface area contributed by atoms with Crippen LogP contribution in [0.15, 0.2) is 33.9 Å². The van der Waals surface area contributed by atoms with Crippen LogP contribution in [0.3, 0.4) is 0 Å². The molecule has 0 saturated heterocycles. The Bertz CT molecular complexity index is 967. The zero-order valence-electron chi connectivity index (χ0n) is 16.4. The van der Waals surface area contributed by atoms with Crippen molar-refractivity contribution < 1.29 is 4.74 Å². The van der Waals surface area contributed by atoms with E-state index in [-0.39, 0.29) is 17.4 Å². The van der Waals surface area contributed by atoms with Crippen molar-refractivity contribution in [3.05, 3.63) is 56.2 Å². The summed E-state index contributed by atoms with van der Waals surface area (Å²) < 4.78 is 7.99. The summed E-state index contributed by atoms with van der Waals surface area (Å²) in [5, 5.41) is 12.8. The Hall–Kier alpha value is -3.01. The highest BCUT2D eigenvalue weighted by molar-refractivity contribution is 5.53. The lowest BCUT2D eigenvalue weighted by atomic mass is 9.96. The number of nitrogens with one attached hydrogen (secondary N) is 1. The minimum atomic E-state index is -0.607. The summed E-state index contributed by atoms with van der Waals surface area (Å²) in [6.45, 7) is 6.62. The van der Waals surface area contributed by atoms with Gasteiger partial charge in [0.15, 0.2) is 5.56 Å². The molecule has 0 aliphatic rings. The third-order valence-corrected chi connectivity index (χ3v) is 4.39. The van der Waals surface area contributed by atoms with E-state index in [0.29, 0.717) is 12.5 Å². The highest BCUT2D eigenvalue weighted by Crippen LogP contribution is 2.32. The van der Waals surface area contributed by atoms with Gasteiger partial charge in [-0.25, -0.2) is 4.79 Å². The molecule has 1 N–H and O–H groups in total. The second kappa shape index (κ2) is 8.58. The first-order valence-corrected chi connectivity index (χ1v) is 9.00. The fraction of sp³-hybridized carbons (Fsp3) is 0.450. The average Bonchev–Trinajstić information content (AvgIpc) is 2.64. The van der Waals surface area contributed by atoms with Crippen LogP contribution in [0, 0.1) is 17.2 Å². The largest absolute Gasteiger partial charge is 0.494 e. The molecule has 1 unspecified atom stereocenters. The van der Waals surface area contributed by atoms with Crippen LogP contribution < -0.4 is 21.3 Å². The lowest BCUT2D eigenvalue weighted by molar-refractivity contribution is 0.333. The van der Waals surface area contributed by atoms with Gasteiger partial charge < -0.3 is 10.1 Å². The molecule has 1 atom stereocenters. The van der Waals surface area contributed by atoms with Gasteiger partial charge in [0.25, 0.3) is 5.56 Å². The molecule has 0 saturated carbocycles. The molecule has 27 heavy (non-hydrogen) atoms. The molecule has 0 fully saturated rings. The van der Waals surface area contributed by atoms with Crippen molar-refractivity contribution in [2.24, 2.45) is 20.0 Å². The molecule has 1 aromatic carbocycles. The molecule has 0 aliphatic heterocycles. The summed E-state index contributed by atoms with van der Waals surface area (Å²) in [5.74, 6) is 1.30. The second-order valence-electron chi connectivity index (χ2n) is 6.84. The maximum absolute atomic E-state index is 12.4. The first kappa shape index (κ1) is 20.3. The average molecular weight is 370 g/mol. The van der Waals surface area contributed by atoms with E-state index in [9.17, 15) is 14.9 Å². The number of hydrogen-bond acceptors (Lipinski definition) is 5. The Morgan fingerprint density at radius 2 is 1.85 bits per heavy atom. The SMILES string of the molecule is CCOc1ccccc1C(CC(C)C)Nc1c(C#N)c(=O)n(C)c(=O)n1C. The van der Waals surface area contributed by atoms with Gasteiger partial charge in [-0.2, -0.15) is 5.26 Å². The Kier molecular flexibility index (Phi) is 6.45. The highest BCUT2D eigenvalue weighted by Gasteiger charge is 2.22. The summed E-state index contributed by atoms with van der Waals surface area (Å²) in [6.07, 6.45) is 0.734. The summed E-state index contributed by atoms with van der Waals surface area (Å²) >= 11 is 0. The molecule has 0 bridgehead atoms. The molecule has 0 amide bonds. The van der Waals surface area contributed by atoms with Crippen molar-refractivity contribution in [3.63, 3.8) is 0 Å². The van der Waals surface area contributed by atoms with Crippen LogP contribution in [0.5, 0.6) is 5.75 Å². The van der Waals surface area contributed by atoms with Crippen LogP contribution >= 0.6 is 0 Å². The van der Waals surface area contributed by atoms with Gasteiger partial charge >= 0.3 is 5.69 Å². The molecule has 0 radical (unpaired) electrons. The maximum atomic E-state index is 12.4. The lowest BCUT2D eigenvalue weighted by Gasteiger charge is -2.26. The molecule has 0 aliphatic carbocycles. The summed E-state index contributed by atoms with van der Waals surface area (Å²) in [7, 11) is 2.91. The standard InChI is InChI=1S/C20H26N4O3/c1-6-27-17-10-8-7-9-14(17)16(11-13(2)3)22-18-15(12-21)19(25)24(5)20(26)23(18)4/h7-10,13,16,22H,6,11H2,1-5H3. The number of nitriles is 1. The maximum Gasteiger partial charge on any atom is 0.332 e. The molecule has 1 aromatic heterocycles. The van der Waals surface area contributed by atoms with Crippen LogP contribution in [-0.4, -0.2) is 15.7 Å². The van der Waals surface area contributed by atoms with Crippen LogP contribution in [0.25, 0.3) is 0 Å². The van der Waals surface area contributed by atoms with Crippen molar-refractivity contribution in [2.45, 2.75) is 33.2 Å². The topological polar surface area (TPSA) is 89.1 Å². The Morgan fingerprint density at radius 3 is 2.44 bits per heavy atom. The Balaban J connectivity index is 2.62. The molecule has 7 nitrogen and oxygen atoms in total. The number of benzene rings is 1. The van der Waals surface area contributed by atoms with Crippen molar-refractivity contribution in [2.75, 3.05) is 11.9 Å². The van der Waals surface area contributed by atoms with E-state index in [2.05, 4.69) is 19.2 Å². The van der Waals surface area contributed by atoms with Crippen molar-refractivity contribution >= 4 is 5.82 Å². The molecule has 7 heteroatoms. The predicted molar refractivity (Wildman–Crippen MR) is 105 cm³/mol. The van der Waals surface area contributed by atoms with Crippen LogP contribution in [0.1, 0.15) is 44.4 Å². The predicted octanol–water partition coefficient (Wildman–Crippen LogP) is 2.55. The number of aromatic nitrogens is 2. The van der Waals surface area contributed by atoms with Crippen LogP contribution in [0.4, 0.5) is 5.82 Å². The van der Waals surface area contributed by atoms with Gasteiger partial charge in [-0.1, -0.05) is 32.0 Å². The molecule has 0 spiro atoms. The third-order valence-electron chi connectivity index (χ3n) is 4.39. The number of nitrogens with zero attached hydrogens (tertiary/aromatic N) is 3. The molecule has 1 heterocycles. The Labute approximate surface area is 158 Å². The lowest BCUT2D eigenvalue weighted by Crippen LogP contribution is -2.40. The quantitative estimate of drug-likeness (QED) is 0.809. The molecule has 144 valence electrons. The normalized spacial score (nSPS) is 11.9. The third kappa shape index (κ3) is 4.22. The minimum Gasteiger partial charge on any atom is -0.494 e. The monoisotopic (exact) mass is 370 g/mol. The van der Waals surface area contributed by atoms with Crippen molar-refractivity contribution in [1.29, 1.82) is 5.26 Å². The number of anilines is 1. The number of ether oxygens (including phenoxy) is 1. The first-order valence-electron chi connectivity index (χ1n) is 9.00. The number of rotatable bonds is 7. The minimum absolute atomic E-state index is 0.0813. The van der Waals surface area contributed by atoms with Gasteiger partial charge in [0.2, 0.25) is 0 Å². The summed E-state index contributed by atoms with van der Waals surface area (Å²) in [4.78, 5) is 24.7. The zero-order chi connectivity index (χ0) is 20.1. The smallest absolute Gasteiger partial charge is 0.332 e. The van der Waals surface area contributed by atoms with Gasteiger partial charge in [0.1, 0.15) is 17.6 Å². The number of hydrogen-bond donors (Lipinski definition) is 1. The van der Waals surface area contributed by atoms with E-state index in [1.807, 2.05) is 37.3 Å². The first-order chi connectivity index (χ1) is 12.8. The fourth-order valence-electron chi connectivity index (χ4n) is 3.07. The highest BCUT2D eigenvalue weighted by atomic mass is 16.5. The molecular weight excluding hydrogens is 344 g/mol. The fourth-order valence-corrected chi connectivity index (χ4v) is 3.07. The van der Waals surface area contributed by atoms with E-state index in [4.69, 9.17) is 4.74 Å². The van der Waals surface area contributed by atoms with E-state index >= 15 is 0 Å². The van der Waals surface area contributed by atoms with E-state index in [1.165, 1.54) is 11.6 Å². The zero-order valence-corrected chi connectivity index (χ0v) is 16.4. The summed E-state index contributed by atoms with van der Waals surface area (Å²) in [6, 6.07) is 9.37. The van der Waals surface area contributed by atoms with E-state index in [1.54, 1.807) is 7.05 Å². The molecule has 2 rings (SSSR count). The van der Waals surface area contributed by atoms with Gasteiger partial charge in [-0.3, -0.25) is 13.9 Å². The summed E-state index contributed by atoms with van der Waals surface area (Å²) in [5.41, 5.74) is -0.250. The van der Waals surface area contributed by atoms with Gasteiger partial charge in [0, 0.05) is 19.7 Å². The second-order valence-corrected chi connectivity index (χ2v) is 6.84. The Morgan fingerprint density at radius 1 is 1.19 bits per heavy atom. The number of para-hydroxylation sites is 1. The molecular formula is C20H26N4O3. The van der Waals surface area contributed by atoms with Gasteiger partial charge in [-0.15, -0.1) is 0 Å². The van der Waals surface area contributed by atoms with Crippen molar-refractivity contribution in [1.82, 2.24) is 9.13 Å². The van der Waals surface area contributed by atoms with Crippen LogP contribution in [-0.2, 0) is 14.1 Å².